The summed E-state index contributed by atoms with van der Waals surface area (Å²) in [6, 6.07) is 14.9. The molecule has 0 saturated carbocycles. The number of nitrogens with zero attached hydrogens (tertiary/aromatic N) is 3. The number of anilines is 1. The van der Waals surface area contributed by atoms with E-state index in [0.717, 1.165) is 36.0 Å². The highest BCUT2D eigenvalue weighted by Gasteiger charge is 2.25. The molecule has 7 heteroatoms. The van der Waals surface area contributed by atoms with Crippen LogP contribution in [0, 0.1) is 0 Å². The van der Waals surface area contributed by atoms with Crippen LogP contribution in [0.15, 0.2) is 60.9 Å². The summed E-state index contributed by atoms with van der Waals surface area (Å²) >= 11 is 0. The molecule has 4 rings (SSSR count). The van der Waals surface area contributed by atoms with Gasteiger partial charge < -0.3 is 19.7 Å². The first-order chi connectivity index (χ1) is 14.7. The SMILES string of the molecule is COc1ccc(OC)c(C2CN(c3cccc(C(=O)c4cccnc4)n3)CCN2)c1. The number of hydrogen-bond acceptors (Lipinski definition) is 7. The molecule has 0 aliphatic carbocycles. The number of benzene rings is 1. The van der Waals surface area contributed by atoms with Crippen molar-refractivity contribution in [1.82, 2.24) is 15.3 Å². The number of aromatic nitrogens is 2. The number of rotatable bonds is 6. The summed E-state index contributed by atoms with van der Waals surface area (Å²) in [6.45, 7) is 2.27. The number of pyridine rings is 2. The molecular formula is C23H24N4O3. The molecule has 154 valence electrons. The number of carbonyl (C=O) groups excluding carboxylic acids is 1. The van der Waals surface area contributed by atoms with E-state index in [2.05, 4.69) is 20.2 Å². The summed E-state index contributed by atoms with van der Waals surface area (Å²) in [4.78, 5) is 23.6. The fraction of sp³-hybridized carbons (Fsp3) is 0.261. The van der Waals surface area contributed by atoms with E-state index in [1.54, 1.807) is 44.8 Å². The zero-order valence-electron chi connectivity index (χ0n) is 17.0. The molecule has 1 N–H and O–H groups in total. The Kier molecular flexibility index (Phi) is 5.90. The molecule has 1 aliphatic heterocycles. The minimum atomic E-state index is -0.133. The van der Waals surface area contributed by atoms with E-state index in [4.69, 9.17) is 9.47 Å². The largest absolute Gasteiger partial charge is 0.497 e. The van der Waals surface area contributed by atoms with Gasteiger partial charge in [-0.1, -0.05) is 6.07 Å². The molecule has 1 aliphatic rings. The Labute approximate surface area is 175 Å². The molecular weight excluding hydrogens is 380 g/mol. The van der Waals surface area contributed by atoms with Gasteiger partial charge in [-0.25, -0.2) is 4.98 Å². The molecule has 0 bridgehead atoms. The summed E-state index contributed by atoms with van der Waals surface area (Å²) in [6.07, 6.45) is 3.21. The Morgan fingerprint density at radius 2 is 2.03 bits per heavy atom. The Morgan fingerprint density at radius 3 is 2.80 bits per heavy atom. The number of carbonyl (C=O) groups is 1. The molecule has 1 aromatic carbocycles. The molecule has 0 radical (unpaired) electrons. The molecule has 1 fully saturated rings. The van der Waals surface area contributed by atoms with Crippen molar-refractivity contribution >= 4 is 11.6 Å². The maximum Gasteiger partial charge on any atom is 0.212 e. The Hall–Kier alpha value is -3.45. The van der Waals surface area contributed by atoms with Crippen LogP contribution in [0.1, 0.15) is 27.7 Å². The third-order valence-electron chi connectivity index (χ3n) is 5.20. The second-order valence-electron chi connectivity index (χ2n) is 7.01. The van der Waals surface area contributed by atoms with Crippen LogP contribution >= 0.6 is 0 Å². The number of ether oxygens (including phenoxy) is 2. The third-order valence-corrected chi connectivity index (χ3v) is 5.20. The highest BCUT2D eigenvalue weighted by molar-refractivity contribution is 6.07. The van der Waals surface area contributed by atoms with Crippen molar-refractivity contribution in [3.8, 4) is 11.5 Å². The Bertz CT molecular complexity index is 1030. The normalized spacial score (nSPS) is 16.2. The topological polar surface area (TPSA) is 76.6 Å². The molecule has 3 aromatic rings. The lowest BCUT2D eigenvalue weighted by Gasteiger charge is -2.35. The maximum absolute atomic E-state index is 12.8. The van der Waals surface area contributed by atoms with Crippen molar-refractivity contribution < 1.29 is 14.3 Å². The first kappa shape index (κ1) is 19.8. The summed E-state index contributed by atoms with van der Waals surface area (Å²) in [5.41, 5.74) is 1.97. The van der Waals surface area contributed by atoms with Crippen molar-refractivity contribution in [2.75, 3.05) is 38.8 Å². The average Bonchev–Trinajstić information content (AvgIpc) is 2.84. The van der Waals surface area contributed by atoms with Gasteiger partial charge in [-0.15, -0.1) is 0 Å². The molecule has 0 spiro atoms. The van der Waals surface area contributed by atoms with Gasteiger partial charge in [0.1, 0.15) is 23.0 Å². The summed E-state index contributed by atoms with van der Waals surface area (Å²) < 4.78 is 10.9. The van der Waals surface area contributed by atoms with Gasteiger partial charge in [0.25, 0.3) is 0 Å². The number of ketones is 1. The standard InChI is InChI=1S/C23H24N4O3/c1-29-17-8-9-21(30-2)18(13-17)20-15-27(12-11-25-20)22-7-3-6-19(26-22)23(28)16-5-4-10-24-14-16/h3-10,13-14,20,25H,11-12,15H2,1-2H3. The smallest absolute Gasteiger partial charge is 0.212 e. The molecule has 0 amide bonds. The van der Waals surface area contributed by atoms with Crippen molar-refractivity contribution in [3.05, 3.63) is 77.7 Å². The zero-order valence-corrected chi connectivity index (χ0v) is 17.0. The van der Waals surface area contributed by atoms with E-state index in [9.17, 15) is 4.79 Å². The lowest BCUT2D eigenvalue weighted by atomic mass is 10.0. The van der Waals surface area contributed by atoms with Crippen LogP contribution in [0.4, 0.5) is 5.82 Å². The van der Waals surface area contributed by atoms with Crippen molar-refractivity contribution in [3.63, 3.8) is 0 Å². The summed E-state index contributed by atoms with van der Waals surface area (Å²) in [7, 11) is 3.32. The fourth-order valence-electron chi connectivity index (χ4n) is 3.65. The maximum atomic E-state index is 12.8. The molecule has 3 heterocycles. The van der Waals surface area contributed by atoms with Crippen LogP contribution in [-0.2, 0) is 0 Å². The van der Waals surface area contributed by atoms with Gasteiger partial charge in [0.15, 0.2) is 0 Å². The number of piperazine rings is 1. The predicted octanol–water partition coefficient (Wildman–Crippen LogP) is 2.88. The van der Waals surface area contributed by atoms with Crippen LogP contribution in [-0.4, -0.2) is 49.6 Å². The number of nitrogens with one attached hydrogen (secondary N) is 1. The third kappa shape index (κ3) is 4.11. The minimum Gasteiger partial charge on any atom is -0.497 e. The second kappa shape index (κ2) is 8.92. The quantitative estimate of drug-likeness (QED) is 0.633. The van der Waals surface area contributed by atoms with E-state index < -0.39 is 0 Å². The first-order valence-electron chi connectivity index (χ1n) is 9.81. The van der Waals surface area contributed by atoms with E-state index in [1.807, 2.05) is 30.3 Å². The van der Waals surface area contributed by atoms with Crippen LogP contribution in [0.5, 0.6) is 11.5 Å². The lowest BCUT2D eigenvalue weighted by Crippen LogP contribution is -2.46. The van der Waals surface area contributed by atoms with Crippen LogP contribution in [0.2, 0.25) is 0 Å². The summed E-state index contributed by atoms with van der Waals surface area (Å²) in [5.74, 6) is 2.24. The van der Waals surface area contributed by atoms with Crippen molar-refractivity contribution in [2.24, 2.45) is 0 Å². The molecule has 1 saturated heterocycles. The minimum absolute atomic E-state index is 0.0447. The van der Waals surface area contributed by atoms with Crippen LogP contribution < -0.4 is 19.7 Å². The lowest BCUT2D eigenvalue weighted by molar-refractivity contribution is 0.103. The van der Waals surface area contributed by atoms with Gasteiger partial charge in [-0.2, -0.15) is 0 Å². The van der Waals surface area contributed by atoms with Gasteiger partial charge in [0.2, 0.25) is 5.78 Å². The zero-order chi connectivity index (χ0) is 20.9. The van der Waals surface area contributed by atoms with Crippen molar-refractivity contribution in [1.29, 1.82) is 0 Å². The molecule has 2 aromatic heterocycles. The summed E-state index contributed by atoms with van der Waals surface area (Å²) in [5, 5.41) is 3.54. The van der Waals surface area contributed by atoms with E-state index in [-0.39, 0.29) is 11.8 Å². The van der Waals surface area contributed by atoms with E-state index in [0.29, 0.717) is 17.8 Å². The Balaban J connectivity index is 1.58. The van der Waals surface area contributed by atoms with E-state index >= 15 is 0 Å². The highest BCUT2D eigenvalue weighted by atomic mass is 16.5. The predicted molar refractivity (Wildman–Crippen MR) is 114 cm³/mol. The first-order valence-corrected chi connectivity index (χ1v) is 9.81. The average molecular weight is 404 g/mol. The van der Waals surface area contributed by atoms with E-state index in [1.165, 1.54) is 0 Å². The van der Waals surface area contributed by atoms with Gasteiger partial charge >= 0.3 is 0 Å². The number of hydrogen-bond donors (Lipinski definition) is 1. The highest BCUT2D eigenvalue weighted by Crippen LogP contribution is 2.31. The van der Waals surface area contributed by atoms with Gasteiger partial charge in [-0.05, 0) is 42.5 Å². The molecule has 7 nitrogen and oxygen atoms in total. The van der Waals surface area contributed by atoms with Crippen LogP contribution in [0.3, 0.4) is 0 Å². The van der Waals surface area contributed by atoms with Gasteiger partial charge in [0.05, 0.1) is 20.3 Å². The second-order valence-corrected chi connectivity index (χ2v) is 7.01. The van der Waals surface area contributed by atoms with Crippen LogP contribution in [0.25, 0.3) is 0 Å². The monoisotopic (exact) mass is 404 g/mol. The fourth-order valence-corrected chi connectivity index (χ4v) is 3.65. The van der Waals surface area contributed by atoms with Crippen molar-refractivity contribution in [2.45, 2.75) is 6.04 Å². The molecule has 30 heavy (non-hydrogen) atoms. The molecule has 1 atom stereocenters. The van der Waals surface area contributed by atoms with Gasteiger partial charge in [0, 0.05) is 43.2 Å². The molecule has 1 unspecified atom stereocenters. The van der Waals surface area contributed by atoms with Gasteiger partial charge in [-0.3, -0.25) is 9.78 Å². The number of methoxy groups -OCH3 is 2. The Morgan fingerprint density at radius 1 is 1.13 bits per heavy atom.